The molecule has 0 aromatic carbocycles. The van der Waals surface area contributed by atoms with Crippen LogP contribution in [-0.2, 0) is 23.7 Å². The highest BCUT2D eigenvalue weighted by atomic mass is 16.5. The summed E-state index contributed by atoms with van der Waals surface area (Å²) >= 11 is 0. The molecule has 0 bridgehead atoms. The predicted molar refractivity (Wildman–Crippen MR) is 84.6 cm³/mol. The zero-order valence-electron chi connectivity index (χ0n) is 13.8. The van der Waals surface area contributed by atoms with Gasteiger partial charge in [0.2, 0.25) is 0 Å². The summed E-state index contributed by atoms with van der Waals surface area (Å²) in [4.78, 5) is 0. The molecule has 0 radical (unpaired) electrons. The van der Waals surface area contributed by atoms with Gasteiger partial charge < -0.3 is 28.8 Å². The fraction of sp³-hybridized carbons (Fsp3) is 0.750. The maximum absolute atomic E-state index is 8.85. The highest BCUT2D eigenvalue weighted by molar-refractivity contribution is 4.80. The Morgan fingerprint density at radius 1 is 0.955 bits per heavy atom. The lowest BCUT2D eigenvalue weighted by Gasteiger charge is -2.32. The molecule has 0 rings (SSSR count). The Hall–Kier alpha value is -1.08. The van der Waals surface area contributed by atoms with E-state index in [1.54, 1.807) is 6.26 Å². The van der Waals surface area contributed by atoms with E-state index in [1.807, 2.05) is 19.9 Å². The minimum atomic E-state index is -0.444. The SMILES string of the molecule is C=COCC(COCC)(COCCO)COCCO/C=C/C. The van der Waals surface area contributed by atoms with Crippen LogP contribution in [0.5, 0.6) is 0 Å². The molecule has 0 aliphatic carbocycles. The maximum atomic E-state index is 8.85. The lowest BCUT2D eigenvalue weighted by atomic mass is 9.92. The van der Waals surface area contributed by atoms with Crippen molar-refractivity contribution >= 4 is 0 Å². The van der Waals surface area contributed by atoms with Crippen molar-refractivity contribution in [2.75, 3.05) is 59.5 Å². The summed E-state index contributed by atoms with van der Waals surface area (Å²) in [6, 6.07) is 0. The van der Waals surface area contributed by atoms with Crippen LogP contribution in [0.3, 0.4) is 0 Å². The number of rotatable bonds is 16. The zero-order valence-corrected chi connectivity index (χ0v) is 13.8. The van der Waals surface area contributed by atoms with E-state index >= 15 is 0 Å². The van der Waals surface area contributed by atoms with Crippen LogP contribution in [-0.4, -0.2) is 64.6 Å². The second kappa shape index (κ2) is 14.8. The van der Waals surface area contributed by atoms with Crippen LogP contribution in [0.4, 0.5) is 0 Å². The molecule has 0 aromatic heterocycles. The first kappa shape index (κ1) is 20.9. The van der Waals surface area contributed by atoms with Crippen molar-refractivity contribution < 1.29 is 28.8 Å². The van der Waals surface area contributed by atoms with E-state index in [4.69, 9.17) is 28.8 Å². The molecule has 1 unspecified atom stereocenters. The van der Waals surface area contributed by atoms with Crippen LogP contribution in [0, 0.1) is 5.41 Å². The van der Waals surface area contributed by atoms with Crippen molar-refractivity contribution in [3.05, 3.63) is 25.2 Å². The molecule has 0 aliphatic rings. The van der Waals surface area contributed by atoms with Gasteiger partial charge in [-0.3, -0.25) is 0 Å². The molecule has 0 heterocycles. The first-order valence-electron chi connectivity index (χ1n) is 7.54. The van der Waals surface area contributed by atoms with Crippen LogP contribution in [0.15, 0.2) is 25.2 Å². The highest BCUT2D eigenvalue weighted by Gasteiger charge is 2.32. The summed E-state index contributed by atoms with van der Waals surface area (Å²) in [6.07, 6.45) is 4.84. The lowest BCUT2D eigenvalue weighted by molar-refractivity contribution is -0.0989. The van der Waals surface area contributed by atoms with Gasteiger partial charge in [0.25, 0.3) is 0 Å². The van der Waals surface area contributed by atoms with Gasteiger partial charge in [-0.1, -0.05) is 12.7 Å². The van der Waals surface area contributed by atoms with Crippen LogP contribution >= 0.6 is 0 Å². The van der Waals surface area contributed by atoms with Crippen molar-refractivity contribution in [1.82, 2.24) is 0 Å². The number of allylic oxidation sites excluding steroid dienone is 1. The average Bonchev–Trinajstić information content (AvgIpc) is 2.54. The molecule has 1 N–H and O–H groups in total. The van der Waals surface area contributed by atoms with E-state index in [9.17, 15) is 0 Å². The lowest BCUT2D eigenvalue weighted by Crippen LogP contribution is -2.41. The Morgan fingerprint density at radius 2 is 1.64 bits per heavy atom. The maximum Gasteiger partial charge on any atom is 0.111 e. The smallest absolute Gasteiger partial charge is 0.111 e. The van der Waals surface area contributed by atoms with Gasteiger partial charge in [0.1, 0.15) is 6.61 Å². The van der Waals surface area contributed by atoms with Crippen LogP contribution in [0.1, 0.15) is 13.8 Å². The first-order valence-corrected chi connectivity index (χ1v) is 7.54. The Balaban J connectivity index is 4.43. The van der Waals surface area contributed by atoms with E-state index in [1.165, 1.54) is 6.26 Å². The largest absolute Gasteiger partial charge is 0.501 e. The van der Waals surface area contributed by atoms with E-state index in [-0.39, 0.29) is 13.2 Å². The molecule has 6 heteroatoms. The van der Waals surface area contributed by atoms with Gasteiger partial charge in [-0.25, -0.2) is 0 Å². The number of aliphatic hydroxyl groups excluding tert-OH is 1. The number of hydrogen-bond donors (Lipinski definition) is 1. The van der Waals surface area contributed by atoms with Crippen molar-refractivity contribution in [2.45, 2.75) is 13.8 Å². The zero-order chi connectivity index (χ0) is 16.5. The van der Waals surface area contributed by atoms with Crippen molar-refractivity contribution in [3.63, 3.8) is 0 Å². The summed E-state index contributed by atoms with van der Waals surface area (Å²) in [5.41, 5.74) is -0.444. The monoisotopic (exact) mass is 318 g/mol. The fourth-order valence-corrected chi connectivity index (χ4v) is 1.72. The number of ether oxygens (including phenoxy) is 5. The molecule has 22 heavy (non-hydrogen) atoms. The molecule has 0 fully saturated rings. The molecule has 130 valence electrons. The molecule has 0 amide bonds. The molecule has 1 atom stereocenters. The molecule has 0 saturated heterocycles. The van der Waals surface area contributed by atoms with Gasteiger partial charge in [-0.15, -0.1) is 0 Å². The van der Waals surface area contributed by atoms with Crippen LogP contribution in [0.25, 0.3) is 0 Å². The minimum Gasteiger partial charge on any atom is -0.501 e. The van der Waals surface area contributed by atoms with Gasteiger partial charge in [0, 0.05) is 6.61 Å². The molecular formula is C16H30O6. The quantitative estimate of drug-likeness (QED) is 0.345. The summed E-state index contributed by atoms with van der Waals surface area (Å²) in [6.45, 7) is 10.8. The second-order valence-electron chi connectivity index (χ2n) is 4.78. The highest BCUT2D eigenvalue weighted by Crippen LogP contribution is 2.20. The van der Waals surface area contributed by atoms with Gasteiger partial charge in [-0.2, -0.15) is 0 Å². The third-order valence-electron chi connectivity index (χ3n) is 2.75. The molecule has 0 aliphatic heterocycles. The van der Waals surface area contributed by atoms with Gasteiger partial charge in [0.15, 0.2) is 0 Å². The third-order valence-corrected chi connectivity index (χ3v) is 2.75. The molecule has 6 nitrogen and oxygen atoms in total. The van der Waals surface area contributed by atoms with E-state index in [0.29, 0.717) is 46.2 Å². The standard InChI is InChI=1S/C16H30O6/c1-4-8-20-10-11-22-15-16(12-18-5-2,13-19-6-3)14-21-9-7-17/h4-5,8,17H,2,6-7,9-15H2,1,3H3/b8-4+. The fourth-order valence-electron chi connectivity index (χ4n) is 1.72. The van der Waals surface area contributed by atoms with Crippen LogP contribution < -0.4 is 0 Å². The van der Waals surface area contributed by atoms with E-state index in [0.717, 1.165) is 0 Å². The van der Waals surface area contributed by atoms with Crippen molar-refractivity contribution in [1.29, 1.82) is 0 Å². The summed E-state index contributed by atoms with van der Waals surface area (Å²) in [5.74, 6) is 0. The average molecular weight is 318 g/mol. The summed E-state index contributed by atoms with van der Waals surface area (Å²) < 4.78 is 27.2. The van der Waals surface area contributed by atoms with E-state index in [2.05, 4.69) is 6.58 Å². The first-order chi connectivity index (χ1) is 10.7. The third kappa shape index (κ3) is 10.6. The van der Waals surface area contributed by atoms with Gasteiger partial charge in [0.05, 0.1) is 64.2 Å². The van der Waals surface area contributed by atoms with E-state index < -0.39 is 5.41 Å². The van der Waals surface area contributed by atoms with Gasteiger partial charge in [-0.05, 0) is 13.8 Å². The predicted octanol–water partition coefficient (Wildman–Crippen LogP) is 1.75. The summed E-state index contributed by atoms with van der Waals surface area (Å²) in [5, 5.41) is 8.85. The Kier molecular flexibility index (Phi) is 14.1. The Morgan fingerprint density at radius 3 is 2.23 bits per heavy atom. The Labute approximate surface area is 133 Å². The van der Waals surface area contributed by atoms with Crippen LogP contribution in [0.2, 0.25) is 0 Å². The van der Waals surface area contributed by atoms with Gasteiger partial charge >= 0.3 is 0 Å². The second-order valence-corrected chi connectivity index (χ2v) is 4.78. The number of hydrogen-bond acceptors (Lipinski definition) is 6. The molecule has 0 spiro atoms. The summed E-state index contributed by atoms with van der Waals surface area (Å²) in [7, 11) is 0. The number of aliphatic hydroxyl groups is 1. The van der Waals surface area contributed by atoms with Crippen molar-refractivity contribution in [2.24, 2.45) is 5.41 Å². The molecular weight excluding hydrogens is 288 g/mol. The Bertz CT molecular complexity index is 282. The minimum absolute atomic E-state index is 0.0227. The normalized spacial score (nSPS) is 14.0. The molecule has 0 saturated carbocycles. The molecule has 0 aromatic rings. The topological polar surface area (TPSA) is 66.4 Å². The van der Waals surface area contributed by atoms with Crippen molar-refractivity contribution in [3.8, 4) is 0 Å².